The Hall–Kier alpha value is -2.59. The lowest BCUT2D eigenvalue weighted by molar-refractivity contribution is -0.110. The summed E-state index contributed by atoms with van der Waals surface area (Å²) in [5, 5.41) is 3.98. The van der Waals surface area contributed by atoms with Gasteiger partial charge >= 0.3 is 0 Å². The standard InChI is InChI=1S/C17H13N3O.ClH/c1-20-10-11(12-5-2-3-7-15(12)20)9-13-16-14(19-17(13)21)6-4-8-18-16;/h2-10H,1H3,(H,19,21);1H/b13-9+;. The van der Waals surface area contributed by atoms with Crippen LogP contribution in [0.2, 0.25) is 0 Å². The summed E-state index contributed by atoms with van der Waals surface area (Å²) < 4.78 is 2.06. The van der Waals surface area contributed by atoms with Crippen molar-refractivity contribution in [1.82, 2.24) is 9.55 Å². The number of fused-ring (bicyclic) bond motifs is 2. The summed E-state index contributed by atoms with van der Waals surface area (Å²) in [6, 6.07) is 11.8. The van der Waals surface area contributed by atoms with E-state index in [4.69, 9.17) is 0 Å². The van der Waals surface area contributed by atoms with E-state index in [1.165, 1.54) is 0 Å². The normalized spacial score (nSPS) is 14.8. The fourth-order valence-electron chi connectivity index (χ4n) is 2.80. The fraction of sp³-hybridized carbons (Fsp3) is 0.0588. The number of carbonyl (C=O) groups excluding carboxylic acids is 1. The summed E-state index contributed by atoms with van der Waals surface area (Å²) in [5.41, 5.74) is 4.27. The number of benzene rings is 1. The van der Waals surface area contributed by atoms with E-state index in [0.29, 0.717) is 5.57 Å². The maximum atomic E-state index is 12.2. The highest BCUT2D eigenvalue weighted by Crippen LogP contribution is 2.32. The molecule has 4 nitrogen and oxygen atoms in total. The number of nitrogens with one attached hydrogen (secondary N) is 1. The highest BCUT2D eigenvalue weighted by Gasteiger charge is 2.25. The van der Waals surface area contributed by atoms with Crippen molar-refractivity contribution >= 4 is 46.6 Å². The number of para-hydroxylation sites is 1. The minimum Gasteiger partial charge on any atom is -0.350 e. The Bertz CT molecular complexity index is 911. The molecule has 0 radical (unpaired) electrons. The van der Waals surface area contributed by atoms with Crippen LogP contribution in [-0.2, 0) is 11.8 Å². The molecule has 4 rings (SSSR count). The molecule has 0 aliphatic carbocycles. The van der Waals surface area contributed by atoms with Crippen molar-refractivity contribution in [2.24, 2.45) is 7.05 Å². The van der Waals surface area contributed by atoms with E-state index in [-0.39, 0.29) is 18.3 Å². The number of anilines is 1. The van der Waals surface area contributed by atoms with Crippen LogP contribution in [0.5, 0.6) is 0 Å². The van der Waals surface area contributed by atoms with Crippen molar-refractivity contribution in [3.63, 3.8) is 0 Å². The van der Waals surface area contributed by atoms with Gasteiger partial charge in [-0.15, -0.1) is 12.4 Å². The van der Waals surface area contributed by atoms with Gasteiger partial charge in [0, 0.05) is 35.9 Å². The Labute approximate surface area is 133 Å². The van der Waals surface area contributed by atoms with Crippen LogP contribution in [0.4, 0.5) is 5.69 Å². The molecular weight excluding hydrogens is 298 g/mol. The number of hydrogen-bond donors (Lipinski definition) is 1. The Kier molecular flexibility index (Phi) is 3.47. The van der Waals surface area contributed by atoms with Gasteiger partial charge in [-0.25, -0.2) is 0 Å². The molecule has 0 saturated heterocycles. The first-order chi connectivity index (χ1) is 10.2. The van der Waals surface area contributed by atoms with Crippen LogP contribution in [0, 0.1) is 0 Å². The molecule has 1 aliphatic rings. The van der Waals surface area contributed by atoms with Crippen molar-refractivity contribution in [3.05, 3.63) is 60.0 Å². The average molecular weight is 312 g/mol. The number of pyridine rings is 1. The van der Waals surface area contributed by atoms with Crippen molar-refractivity contribution in [2.45, 2.75) is 0 Å². The summed E-state index contributed by atoms with van der Waals surface area (Å²) in [7, 11) is 2.01. The zero-order valence-electron chi connectivity index (χ0n) is 11.9. The van der Waals surface area contributed by atoms with Crippen LogP contribution < -0.4 is 5.32 Å². The molecule has 5 heteroatoms. The predicted molar refractivity (Wildman–Crippen MR) is 90.9 cm³/mol. The van der Waals surface area contributed by atoms with Gasteiger partial charge in [0.15, 0.2) is 0 Å². The molecule has 1 aromatic carbocycles. The SMILES string of the molecule is Cl.Cn1cc(/C=C2/C(=O)Nc3cccnc32)c2ccccc21. The van der Waals surface area contributed by atoms with Gasteiger partial charge in [0.05, 0.1) is 17.0 Å². The third-order valence-electron chi connectivity index (χ3n) is 3.78. The molecule has 0 saturated carbocycles. The molecule has 0 bridgehead atoms. The van der Waals surface area contributed by atoms with Gasteiger partial charge in [-0.3, -0.25) is 9.78 Å². The molecule has 3 aromatic rings. The summed E-state index contributed by atoms with van der Waals surface area (Å²) in [4.78, 5) is 16.5. The van der Waals surface area contributed by atoms with Crippen molar-refractivity contribution in [2.75, 3.05) is 5.32 Å². The molecule has 0 unspecified atom stereocenters. The first-order valence-corrected chi connectivity index (χ1v) is 6.76. The molecule has 22 heavy (non-hydrogen) atoms. The number of nitrogens with zero attached hydrogens (tertiary/aromatic N) is 2. The number of rotatable bonds is 1. The van der Waals surface area contributed by atoms with Gasteiger partial charge in [-0.2, -0.15) is 0 Å². The quantitative estimate of drug-likeness (QED) is 0.699. The van der Waals surface area contributed by atoms with Crippen molar-refractivity contribution in [3.8, 4) is 0 Å². The number of amides is 1. The number of carbonyl (C=O) groups is 1. The van der Waals surface area contributed by atoms with E-state index in [2.05, 4.69) is 27.0 Å². The van der Waals surface area contributed by atoms with Crippen LogP contribution in [0.3, 0.4) is 0 Å². The second kappa shape index (κ2) is 5.31. The first-order valence-electron chi connectivity index (χ1n) is 6.76. The van der Waals surface area contributed by atoms with E-state index in [1.807, 2.05) is 43.6 Å². The Morgan fingerprint density at radius 1 is 1.18 bits per heavy atom. The zero-order chi connectivity index (χ0) is 14.4. The molecule has 1 aliphatic heterocycles. The highest BCUT2D eigenvalue weighted by atomic mass is 35.5. The number of hydrogen-bond acceptors (Lipinski definition) is 2. The van der Waals surface area contributed by atoms with E-state index >= 15 is 0 Å². The Morgan fingerprint density at radius 2 is 2.00 bits per heavy atom. The highest BCUT2D eigenvalue weighted by molar-refractivity contribution is 6.34. The van der Waals surface area contributed by atoms with Gasteiger partial charge in [0.2, 0.25) is 0 Å². The number of aromatic nitrogens is 2. The minimum atomic E-state index is -0.100. The van der Waals surface area contributed by atoms with Crippen LogP contribution in [0.15, 0.2) is 48.8 Å². The van der Waals surface area contributed by atoms with Crippen LogP contribution in [0.25, 0.3) is 22.6 Å². The molecule has 0 atom stereocenters. The lowest BCUT2D eigenvalue weighted by Crippen LogP contribution is -2.03. The van der Waals surface area contributed by atoms with Gasteiger partial charge in [-0.1, -0.05) is 18.2 Å². The van der Waals surface area contributed by atoms with E-state index < -0.39 is 0 Å². The average Bonchev–Trinajstić information content (AvgIpc) is 2.99. The van der Waals surface area contributed by atoms with Gasteiger partial charge in [0.25, 0.3) is 5.91 Å². The van der Waals surface area contributed by atoms with E-state index in [1.54, 1.807) is 6.20 Å². The van der Waals surface area contributed by atoms with Crippen LogP contribution in [0.1, 0.15) is 11.3 Å². The summed E-state index contributed by atoms with van der Waals surface area (Å²) in [6.07, 6.45) is 5.65. The third kappa shape index (κ3) is 2.09. The summed E-state index contributed by atoms with van der Waals surface area (Å²) >= 11 is 0. The number of halogens is 1. The van der Waals surface area contributed by atoms with Crippen molar-refractivity contribution in [1.29, 1.82) is 0 Å². The molecule has 0 spiro atoms. The summed E-state index contributed by atoms with van der Waals surface area (Å²) in [5.74, 6) is -0.100. The second-order valence-electron chi connectivity index (χ2n) is 5.12. The van der Waals surface area contributed by atoms with Crippen molar-refractivity contribution < 1.29 is 4.79 Å². The summed E-state index contributed by atoms with van der Waals surface area (Å²) in [6.45, 7) is 0. The molecular formula is C17H14ClN3O. The largest absolute Gasteiger partial charge is 0.350 e. The maximum Gasteiger partial charge on any atom is 0.258 e. The predicted octanol–water partition coefficient (Wildman–Crippen LogP) is 3.49. The van der Waals surface area contributed by atoms with E-state index in [0.717, 1.165) is 27.8 Å². The molecule has 2 aromatic heterocycles. The second-order valence-corrected chi connectivity index (χ2v) is 5.12. The minimum absolute atomic E-state index is 0. The molecule has 1 N–H and O–H groups in total. The monoisotopic (exact) mass is 311 g/mol. The van der Waals surface area contributed by atoms with E-state index in [9.17, 15) is 4.79 Å². The van der Waals surface area contributed by atoms with Gasteiger partial charge in [-0.05, 0) is 24.3 Å². The third-order valence-corrected chi connectivity index (χ3v) is 3.78. The molecule has 110 valence electrons. The first kappa shape index (κ1) is 14.4. The Balaban J connectivity index is 0.00000144. The Morgan fingerprint density at radius 3 is 2.86 bits per heavy atom. The van der Waals surface area contributed by atoms with Crippen LogP contribution in [-0.4, -0.2) is 15.5 Å². The zero-order valence-corrected chi connectivity index (χ0v) is 12.7. The van der Waals surface area contributed by atoms with Gasteiger partial charge in [0.1, 0.15) is 0 Å². The number of aryl methyl sites for hydroxylation is 1. The fourth-order valence-corrected chi connectivity index (χ4v) is 2.80. The topological polar surface area (TPSA) is 46.9 Å². The lowest BCUT2D eigenvalue weighted by Gasteiger charge is -1.96. The molecule has 0 fully saturated rings. The smallest absolute Gasteiger partial charge is 0.258 e. The maximum absolute atomic E-state index is 12.2. The lowest BCUT2D eigenvalue weighted by atomic mass is 10.1. The molecule has 1 amide bonds. The van der Waals surface area contributed by atoms with Gasteiger partial charge < -0.3 is 9.88 Å². The molecule has 3 heterocycles. The van der Waals surface area contributed by atoms with Crippen LogP contribution >= 0.6 is 12.4 Å².